The Bertz CT molecular complexity index is 4260. The molecule has 0 unspecified atom stereocenters. The molecule has 0 bridgehead atoms. The second kappa shape index (κ2) is 39.8. The molecule has 4 fully saturated rings. The van der Waals surface area contributed by atoms with Gasteiger partial charge < -0.3 is 80.8 Å². The number of alkyl halides is 10. The molecule has 4 saturated heterocycles. The third kappa shape index (κ3) is 24.0. The van der Waals surface area contributed by atoms with Crippen molar-refractivity contribution in [1.82, 2.24) is 60.6 Å². The largest absolute Gasteiger partial charge is 0.542 e. The Morgan fingerprint density at radius 2 is 0.833 bits per heavy atom. The molecule has 0 radical (unpaired) electrons. The lowest BCUT2D eigenvalue weighted by atomic mass is 9.97. The number of aliphatic carboxylic acids is 2. The van der Waals surface area contributed by atoms with Gasteiger partial charge in [0.25, 0.3) is 11.8 Å². The number of rotatable bonds is 34. The smallest absolute Gasteiger partial charge is 0.430 e. The molecule has 4 aliphatic heterocycles. The fraction of sp³-hybridized carbons (Fsp3) is 0.474. The van der Waals surface area contributed by atoms with E-state index < -0.39 is 72.3 Å². The number of benzene rings is 4. The summed E-state index contributed by atoms with van der Waals surface area (Å²) in [7, 11) is 4.82. The summed E-state index contributed by atoms with van der Waals surface area (Å²) in [5.41, 5.74) is 4.95. The summed E-state index contributed by atoms with van der Waals surface area (Å²) in [6.45, 7) is 14.9. The average molecular weight is 1620 g/mol. The van der Waals surface area contributed by atoms with Gasteiger partial charge in [0.2, 0.25) is 11.6 Å². The van der Waals surface area contributed by atoms with Crippen LogP contribution < -0.4 is 62.2 Å². The van der Waals surface area contributed by atoms with Crippen LogP contribution in [0.4, 0.5) is 84.5 Å². The Hall–Kier alpha value is -10.0. The Labute approximate surface area is 647 Å². The molecule has 0 aliphatic carbocycles. The number of aromatic nitrogens is 6. The zero-order valence-corrected chi connectivity index (χ0v) is 62.8. The Morgan fingerprint density at radius 1 is 0.500 bits per heavy atom. The van der Waals surface area contributed by atoms with Crippen LogP contribution >= 0.6 is 0 Å². The van der Waals surface area contributed by atoms with Crippen LogP contribution in [0.15, 0.2) is 97.8 Å². The number of carboxylic acid groups (broad SMARTS) is 2. The number of ether oxygens (including phenoxy) is 2. The van der Waals surface area contributed by atoms with E-state index in [2.05, 4.69) is 86.0 Å². The summed E-state index contributed by atoms with van der Waals surface area (Å²) in [5.74, 6) is -9.92. The van der Waals surface area contributed by atoms with Crippen molar-refractivity contribution in [2.75, 3.05) is 129 Å². The molecule has 2 amide bonds. The zero-order chi connectivity index (χ0) is 82.7. The number of carboxylic acids is 2. The number of nitrogens with one attached hydrogen (secondary N) is 8. The number of imidazole rings is 2. The first kappa shape index (κ1) is 87.9. The predicted octanol–water partition coefficient (Wildman–Crippen LogP) is 9.33. The molecule has 0 saturated carbocycles. The predicted molar refractivity (Wildman–Crippen MR) is 390 cm³/mol. The first-order valence-corrected chi connectivity index (χ1v) is 37.1. The van der Waals surface area contributed by atoms with Crippen LogP contribution in [0.3, 0.4) is 0 Å². The van der Waals surface area contributed by atoms with Gasteiger partial charge >= 0.3 is 25.6 Å². The molecule has 0 spiro atoms. The molecular formula is C76H90F14N16O8. The van der Waals surface area contributed by atoms with E-state index in [0.29, 0.717) is 71.4 Å². The van der Waals surface area contributed by atoms with Crippen LogP contribution in [0.25, 0.3) is 33.8 Å². The highest BCUT2D eigenvalue weighted by molar-refractivity contribution is 5.97. The van der Waals surface area contributed by atoms with Crippen molar-refractivity contribution in [2.24, 2.45) is 23.7 Å². The third-order valence-corrected chi connectivity index (χ3v) is 20.0. The van der Waals surface area contributed by atoms with Crippen molar-refractivity contribution in [2.45, 2.75) is 90.8 Å². The van der Waals surface area contributed by atoms with Crippen molar-refractivity contribution in [1.29, 1.82) is 0 Å². The maximum atomic E-state index is 14.9. The minimum absolute atomic E-state index is 0.110. The van der Waals surface area contributed by atoms with Crippen LogP contribution in [-0.2, 0) is 22.4 Å². The minimum atomic E-state index is -5.19. The molecule has 4 aliphatic rings. The molecule has 4 aromatic heterocycles. The van der Waals surface area contributed by atoms with Crippen molar-refractivity contribution in [3.8, 4) is 34.0 Å². The van der Waals surface area contributed by atoms with Crippen molar-refractivity contribution < 1.29 is 109 Å². The topological polar surface area (TPSA) is 289 Å². The number of carbonyl (C=O) groups excluding carboxylic acids is 4. The van der Waals surface area contributed by atoms with Gasteiger partial charge in [0.05, 0.1) is 77.1 Å². The maximum absolute atomic E-state index is 14.9. The van der Waals surface area contributed by atoms with E-state index >= 15 is 0 Å². The first-order valence-electron chi connectivity index (χ1n) is 37.1. The average Bonchev–Trinajstić information content (AvgIpc) is 1.59. The number of amides is 2. The molecular weight excluding hydrogens is 1530 g/mol. The van der Waals surface area contributed by atoms with E-state index in [0.717, 1.165) is 159 Å². The Morgan fingerprint density at radius 3 is 1.12 bits per heavy atom. The van der Waals surface area contributed by atoms with Gasteiger partial charge in [-0.15, -0.1) is 0 Å². The standard InChI is InChI=1S/2C36H44F4N8O2.2C2HF3O2/c2*1-3-25-15-26(46-33-34-45-20-29(47(34)13-12-43-33)28-9-10-30(50-36(39)40)32(38)31(28)37)7-8-27(25)35(49)44-11-5-4-6-14-48(2,21-23-16-41-17-23)22-24-18-42-19-24;2*3-2(4,5)1(6)7/h2*7-10,12-13,15,20,23-24,36,41-42H,3-6,11,14,16-19,21-22H2,1-2H3,(H-,43,44,46,49);2*(H,6,7). The van der Waals surface area contributed by atoms with Gasteiger partial charge in [0.15, 0.2) is 46.1 Å². The molecule has 0 atom stereocenters. The Balaban J connectivity index is 0.000000223. The summed E-state index contributed by atoms with van der Waals surface area (Å²) in [5, 5.41) is 43.8. The lowest BCUT2D eigenvalue weighted by molar-refractivity contribution is -0.916. The number of nitrogens with zero attached hydrogens (tertiary/aromatic N) is 8. The number of fused-ring (bicyclic) bond motifs is 2. The molecule has 620 valence electrons. The highest BCUT2D eigenvalue weighted by Crippen LogP contribution is 2.36. The number of halogens is 14. The molecule has 24 nitrogen and oxygen atoms in total. The van der Waals surface area contributed by atoms with Gasteiger partial charge in [-0.2, -0.15) is 52.7 Å². The fourth-order valence-corrected chi connectivity index (χ4v) is 14.0. The normalized spacial score (nSPS) is 14.8. The SMILES string of the molecule is CCc1cc(Nc2nccn3c(-c4ccc(OC(F)F)c(F)c4F)cnc23)ccc1C(=O)NCCCCC[N+](C)(CC1CNC1)CC1CNC1.CCc1cc(Nc2nccn3c(-c4ccc(OC(F)F)c(F)c4F)cnc23)ccc1C(=O)NCCCCC[N+](C)(CC1CNC1)CC1CNC1.O=C([O-])C(F)(F)F.O=C([O-])C(F)(F)F. The summed E-state index contributed by atoms with van der Waals surface area (Å²) in [4.78, 5) is 61.4. The fourth-order valence-electron chi connectivity index (χ4n) is 14.0. The number of quaternary nitrogens is 2. The Kier molecular flexibility index (Phi) is 30.7. The van der Waals surface area contributed by atoms with Crippen LogP contribution in [0.1, 0.15) is 84.2 Å². The van der Waals surface area contributed by atoms with E-state index in [-0.39, 0.29) is 34.3 Å². The minimum Gasteiger partial charge on any atom is -0.542 e. The maximum Gasteiger partial charge on any atom is 0.430 e. The highest BCUT2D eigenvalue weighted by Gasteiger charge is 2.37. The molecule has 8 N–H and O–H groups in total. The molecule has 8 aromatic rings. The van der Waals surface area contributed by atoms with E-state index in [1.165, 1.54) is 85.3 Å². The summed E-state index contributed by atoms with van der Waals surface area (Å²) in [6.07, 6.45) is 5.84. The number of aryl methyl sites for hydroxylation is 2. The summed E-state index contributed by atoms with van der Waals surface area (Å²) >= 11 is 0. The molecule has 4 aromatic carbocycles. The van der Waals surface area contributed by atoms with Gasteiger partial charge in [-0.1, -0.05) is 13.8 Å². The molecule has 114 heavy (non-hydrogen) atoms. The van der Waals surface area contributed by atoms with E-state index in [1.807, 2.05) is 26.0 Å². The lowest BCUT2D eigenvalue weighted by Gasteiger charge is -2.44. The van der Waals surface area contributed by atoms with Crippen LogP contribution in [0.5, 0.6) is 11.5 Å². The van der Waals surface area contributed by atoms with E-state index in [4.69, 9.17) is 19.8 Å². The van der Waals surface area contributed by atoms with Crippen LogP contribution in [-0.4, -0.2) is 206 Å². The van der Waals surface area contributed by atoms with Crippen LogP contribution in [0, 0.1) is 46.9 Å². The lowest BCUT2D eigenvalue weighted by Crippen LogP contribution is -2.60. The van der Waals surface area contributed by atoms with Gasteiger partial charge in [-0.25, -0.2) is 28.7 Å². The molecule has 12 rings (SSSR count). The van der Waals surface area contributed by atoms with E-state index in [9.17, 15) is 71.1 Å². The first-order chi connectivity index (χ1) is 54.2. The number of carbonyl (C=O) groups is 4. The third-order valence-electron chi connectivity index (χ3n) is 20.0. The molecule has 38 heteroatoms. The summed E-state index contributed by atoms with van der Waals surface area (Å²) in [6, 6.07) is 15.1. The van der Waals surface area contributed by atoms with Crippen molar-refractivity contribution in [3.05, 3.63) is 143 Å². The number of hydrogen-bond donors (Lipinski definition) is 8. The number of hydrogen-bond acceptors (Lipinski definition) is 18. The quantitative estimate of drug-likeness (QED) is 0.0106. The number of anilines is 4. The number of unbranched alkanes of at least 4 members (excludes halogenated alkanes) is 4. The van der Waals surface area contributed by atoms with Gasteiger partial charge in [0, 0.05) is 148 Å². The van der Waals surface area contributed by atoms with E-state index in [1.54, 1.807) is 24.3 Å². The van der Waals surface area contributed by atoms with Crippen LogP contribution in [0.2, 0.25) is 0 Å². The van der Waals surface area contributed by atoms with Crippen molar-refractivity contribution in [3.63, 3.8) is 0 Å². The zero-order valence-electron chi connectivity index (χ0n) is 62.8. The second-order valence-corrected chi connectivity index (χ2v) is 28.9. The molecule has 8 heterocycles. The highest BCUT2D eigenvalue weighted by atomic mass is 19.4. The van der Waals surface area contributed by atoms with Gasteiger partial charge in [-0.3, -0.25) is 18.4 Å². The summed E-state index contributed by atoms with van der Waals surface area (Å²) < 4.78 is 186. The van der Waals surface area contributed by atoms with Crippen molar-refractivity contribution >= 4 is 58.1 Å². The van der Waals surface area contributed by atoms with Gasteiger partial charge in [-0.05, 0) is 123 Å². The van der Waals surface area contributed by atoms with Gasteiger partial charge in [0.1, 0.15) is 11.9 Å². The monoisotopic (exact) mass is 1620 g/mol. The second-order valence-electron chi connectivity index (χ2n) is 28.9.